The molecular weight excluding hydrogens is 269 g/mol. The third kappa shape index (κ3) is 3.56. The number of nitrogens with one attached hydrogen (secondary N) is 1. The van der Waals surface area contributed by atoms with E-state index in [-0.39, 0.29) is 17.9 Å². The zero-order valence-corrected chi connectivity index (χ0v) is 12.3. The molecular formula is C16H18FN3O. The van der Waals surface area contributed by atoms with E-state index in [4.69, 9.17) is 0 Å². The Balaban J connectivity index is 2.07. The van der Waals surface area contributed by atoms with Crippen LogP contribution in [0.15, 0.2) is 42.7 Å². The smallest absolute Gasteiger partial charge is 0.321 e. The van der Waals surface area contributed by atoms with Gasteiger partial charge in [0.2, 0.25) is 0 Å². The molecule has 0 fully saturated rings. The Morgan fingerprint density at radius 3 is 2.76 bits per heavy atom. The number of aryl methyl sites for hydroxylation is 1. The summed E-state index contributed by atoms with van der Waals surface area (Å²) in [5.74, 6) is -0.287. The van der Waals surface area contributed by atoms with Gasteiger partial charge in [0.15, 0.2) is 0 Å². The molecule has 1 atom stereocenters. The fraction of sp³-hybridized carbons (Fsp3) is 0.250. The van der Waals surface area contributed by atoms with Gasteiger partial charge in [-0.25, -0.2) is 9.18 Å². The molecule has 2 rings (SSSR count). The predicted molar refractivity (Wildman–Crippen MR) is 80.6 cm³/mol. The number of nitrogens with zero attached hydrogens (tertiary/aromatic N) is 2. The molecule has 0 aliphatic heterocycles. The summed E-state index contributed by atoms with van der Waals surface area (Å²) in [5, 5.41) is 2.76. The number of carbonyl (C=O) groups is 1. The van der Waals surface area contributed by atoms with E-state index < -0.39 is 0 Å². The topological polar surface area (TPSA) is 45.2 Å². The second-order valence-corrected chi connectivity index (χ2v) is 4.97. The second-order valence-electron chi connectivity index (χ2n) is 4.97. The Kier molecular flexibility index (Phi) is 4.52. The van der Waals surface area contributed by atoms with Gasteiger partial charge in [0.25, 0.3) is 0 Å². The average Bonchev–Trinajstić information content (AvgIpc) is 2.50. The number of halogens is 1. The van der Waals surface area contributed by atoms with Gasteiger partial charge in [-0.05, 0) is 49.2 Å². The van der Waals surface area contributed by atoms with E-state index in [0.717, 1.165) is 5.56 Å². The Hall–Kier alpha value is -2.43. The molecule has 0 aliphatic carbocycles. The standard InChI is InChI=1S/C16H18FN3O/c1-11-9-14(6-7-15(11)17)19-16(21)20(3)12(2)13-5-4-8-18-10-13/h4-10,12H,1-3H3,(H,19,21). The van der Waals surface area contributed by atoms with Crippen molar-refractivity contribution < 1.29 is 9.18 Å². The minimum atomic E-state index is -0.287. The number of hydrogen-bond donors (Lipinski definition) is 1. The van der Waals surface area contributed by atoms with Crippen LogP contribution in [0.4, 0.5) is 14.9 Å². The van der Waals surface area contributed by atoms with E-state index in [2.05, 4.69) is 10.3 Å². The number of urea groups is 1. The second kappa shape index (κ2) is 6.35. The van der Waals surface area contributed by atoms with Crippen molar-refractivity contribution in [3.8, 4) is 0 Å². The number of aromatic nitrogens is 1. The normalized spacial score (nSPS) is 11.8. The van der Waals surface area contributed by atoms with Crippen molar-refractivity contribution in [2.75, 3.05) is 12.4 Å². The molecule has 1 N–H and O–H groups in total. The van der Waals surface area contributed by atoms with Crippen LogP contribution in [0.2, 0.25) is 0 Å². The maximum Gasteiger partial charge on any atom is 0.322 e. The molecule has 1 unspecified atom stereocenters. The maximum absolute atomic E-state index is 13.2. The predicted octanol–water partition coefficient (Wildman–Crippen LogP) is 3.75. The van der Waals surface area contributed by atoms with Crippen LogP contribution in [0, 0.1) is 12.7 Å². The van der Waals surface area contributed by atoms with Crippen LogP contribution in [0.5, 0.6) is 0 Å². The lowest BCUT2D eigenvalue weighted by atomic mass is 10.1. The van der Waals surface area contributed by atoms with E-state index in [1.165, 1.54) is 6.07 Å². The molecule has 0 saturated heterocycles. The van der Waals surface area contributed by atoms with Crippen LogP contribution in [-0.2, 0) is 0 Å². The number of anilines is 1. The van der Waals surface area contributed by atoms with Gasteiger partial charge in [-0.1, -0.05) is 6.07 Å². The molecule has 1 heterocycles. The van der Waals surface area contributed by atoms with Gasteiger partial charge in [-0.15, -0.1) is 0 Å². The SMILES string of the molecule is Cc1cc(NC(=O)N(C)C(C)c2cccnc2)ccc1F. The lowest BCUT2D eigenvalue weighted by Crippen LogP contribution is -2.33. The lowest BCUT2D eigenvalue weighted by molar-refractivity contribution is 0.208. The molecule has 0 aliphatic rings. The highest BCUT2D eigenvalue weighted by Crippen LogP contribution is 2.19. The van der Waals surface area contributed by atoms with Crippen molar-refractivity contribution in [1.29, 1.82) is 0 Å². The van der Waals surface area contributed by atoms with Crippen molar-refractivity contribution in [1.82, 2.24) is 9.88 Å². The molecule has 0 radical (unpaired) electrons. The van der Waals surface area contributed by atoms with E-state index in [1.54, 1.807) is 43.4 Å². The quantitative estimate of drug-likeness (QED) is 0.934. The molecule has 2 amide bonds. The number of amides is 2. The molecule has 0 saturated carbocycles. The van der Waals surface area contributed by atoms with Gasteiger partial charge in [-0.3, -0.25) is 4.98 Å². The number of pyridine rings is 1. The van der Waals surface area contributed by atoms with Gasteiger partial charge in [0, 0.05) is 25.1 Å². The summed E-state index contributed by atoms with van der Waals surface area (Å²) in [4.78, 5) is 17.9. The van der Waals surface area contributed by atoms with Crippen molar-refractivity contribution in [3.63, 3.8) is 0 Å². The molecule has 2 aromatic rings. The lowest BCUT2D eigenvalue weighted by Gasteiger charge is -2.25. The average molecular weight is 287 g/mol. The number of carbonyl (C=O) groups excluding carboxylic acids is 1. The molecule has 110 valence electrons. The first kappa shape index (κ1) is 15.0. The van der Waals surface area contributed by atoms with Crippen LogP contribution in [-0.4, -0.2) is 23.0 Å². The number of hydrogen-bond acceptors (Lipinski definition) is 2. The van der Waals surface area contributed by atoms with Crippen LogP contribution in [0.25, 0.3) is 0 Å². The summed E-state index contributed by atoms with van der Waals surface area (Å²) >= 11 is 0. The van der Waals surface area contributed by atoms with E-state index in [9.17, 15) is 9.18 Å². The summed E-state index contributed by atoms with van der Waals surface area (Å²) in [6.07, 6.45) is 3.42. The summed E-state index contributed by atoms with van der Waals surface area (Å²) in [6, 6.07) is 7.89. The highest BCUT2D eigenvalue weighted by molar-refractivity contribution is 5.89. The van der Waals surface area contributed by atoms with E-state index in [1.807, 2.05) is 19.1 Å². The molecule has 1 aromatic heterocycles. The Labute approximate surface area is 123 Å². The Bertz CT molecular complexity index is 631. The fourth-order valence-corrected chi connectivity index (χ4v) is 1.96. The summed E-state index contributed by atoms with van der Waals surface area (Å²) in [5.41, 5.74) is 2.02. The summed E-state index contributed by atoms with van der Waals surface area (Å²) in [6.45, 7) is 3.58. The minimum absolute atomic E-state index is 0.111. The maximum atomic E-state index is 13.2. The molecule has 21 heavy (non-hydrogen) atoms. The van der Waals surface area contributed by atoms with Crippen LogP contribution in [0.3, 0.4) is 0 Å². The zero-order chi connectivity index (χ0) is 15.4. The third-order valence-corrected chi connectivity index (χ3v) is 3.48. The number of rotatable bonds is 3. The minimum Gasteiger partial charge on any atom is -0.321 e. The highest BCUT2D eigenvalue weighted by atomic mass is 19.1. The van der Waals surface area contributed by atoms with Gasteiger partial charge < -0.3 is 10.2 Å². The molecule has 1 aromatic carbocycles. The summed E-state index contributed by atoms with van der Waals surface area (Å²) in [7, 11) is 1.71. The monoisotopic (exact) mass is 287 g/mol. The first-order valence-corrected chi connectivity index (χ1v) is 6.69. The third-order valence-electron chi connectivity index (χ3n) is 3.48. The van der Waals surface area contributed by atoms with Crippen LogP contribution in [0.1, 0.15) is 24.1 Å². The van der Waals surface area contributed by atoms with E-state index >= 15 is 0 Å². The van der Waals surface area contributed by atoms with Gasteiger partial charge in [0.1, 0.15) is 5.82 Å². The van der Waals surface area contributed by atoms with Gasteiger partial charge >= 0.3 is 6.03 Å². The van der Waals surface area contributed by atoms with Gasteiger partial charge in [-0.2, -0.15) is 0 Å². The van der Waals surface area contributed by atoms with Gasteiger partial charge in [0.05, 0.1) is 6.04 Å². The molecule has 4 nitrogen and oxygen atoms in total. The first-order valence-electron chi connectivity index (χ1n) is 6.69. The molecule has 5 heteroatoms. The Morgan fingerprint density at radius 1 is 1.38 bits per heavy atom. The largest absolute Gasteiger partial charge is 0.322 e. The van der Waals surface area contributed by atoms with Crippen LogP contribution >= 0.6 is 0 Å². The summed E-state index contributed by atoms with van der Waals surface area (Å²) < 4.78 is 13.2. The number of benzene rings is 1. The van der Waals surface area contributed by atoms with Crippen molar-refractivity contribution in [2.24, 2.45) is 0 Å². The van der Waals surface area contributed by atoms with Crippen LogP contribution < -0.4 is 5.32 Å². The van der Waals surface area contributed by atoms with Crippen molar-refractivity contribution >= 4 is 11.7 Å². The van der Waals surface area contributed by atoms with Crippen molar-refractivity contribution in [2.45, 2.75) is 19.9 Å². The first-order chi connectivity index (χ1) is 9.99. The molecule has 0 spiro atoms. The Morgan fingerprint density at radius 2 is 2.14 bits per heavy atom. The van der Waals surface area contributed by atoms with E-state index in [0.29, 0.717) is 11.3 Å². The van der Waals surface area contributed by atoms with Crippen molar-refractivity contribution in [3.05, 3.63) is 59.7 Å². The highest BCUT2D eigenvalue weighted by Gasteiger charge is 2.17. The zero-order valence-electron chi connectivity index (χ0n) is 12.3. The fourth-order valence-electron chi connectivity index (χ4n) is 1.96. The molecule has 0 bridgehead atoms.